The van der Waals surface area contributed by atoms with Gasteiger partial charge in [0.1, 0.15) is 11.7 Å². The summed E-state index contributed by atoms with van der Waals surface area (Å²) in [6, 6.07) is 0. The van der Waals surface area contributed by atoms with Gasteiger partial charge in [-0.3, -0.25) is 8.98 Å². The molecule has 0 aromatic heterocycles. The van der Waals surface area contributed by atoms with Gasteiger partial charge in [-0.15, -0.1) is 0 Å². The van der Waals surface area contributed by atoms with Crippen LogP contribution in [0, 0.1) is 5.92 Å². The molecule has 0 saturated heterocycles. The Labute approximate surface area is 112 Å². The van der Waals surface area contributed by atoms with Crippen molar-refractivity contribution < 1.29 is 40.4 Å². The number of rotatable bonds is 3. The van der Waals surface area contributed by atoms with E-state index in [1.54, 1.807) is 0 Å². The molecular weight excluding hydrogens is 305 g/mol. The van der Waals surface area contributed by atoms with Crippen LogP contribution in [0.25, 0.3) is 0 Å². The van der Waals surface area contributed by atoms with Crippen molar-refractivity contribution in [2.45, 2.75) is 30.1 Å². The molecule has 2 aliphatic rings. The lowest BCUT2D eigenvalue weighted by Crippen LogP contribution is -2.41. The molecule has 20 heavy (non-hydrogen) atoms. The molecule has 1 aliphatic carbocycles. The van der Waals surface area contributed by atoms with Crippen molar-refractivity contribution in [2.24, 2.45) is 5.92 Å². The molecule has 114 valence electrons. The van der Waals surface area contributed by atoms with Crippen LogP contribution in [0.2, 0.25) is 0 Å². The van der Waals surface area contributed by atoms with Gasteiger partial charge in [0.2, 0.25) is 0 Å². The fourth-order valence-corrected chi connectivity index (χ4v) is 3.06. The Morgan fingerprint density at radius 1 is 1.45 bits per heavy atom. The van der Waals surface area contributed by atoms with Gasteiger partial charge in [0.15, 0.2) is 0 Å². The Bertz CT molecular complexity index is 540. The van der Waals surface area contributed by atoms with Crippen LogP contribution in [0.3, 0.4) is 0 Å². The molecule has 0 amide bonds. The van der Waals surface area contributed by atoms with Crippen LogP contribution in [0.4, 0.5) is 13.2 Å². The van der Waals surface area contributed by atoms with E-state index in [2.05, 4.69) is 4.18 Å². The second-order valence-electron chi connectivity index (χ2n) is 4.63. The first-order valence-corrected chi connectivity index (χ1v) is 7.02. The predicted molar refractivity (Wildman–Crippen MR) is 58.0 cm³/mol. The standard InChI is InChI=1S/C10H11F3O6S/c11-10(12,13)20(16,17)19-7-4-6(8(14)15)5-9(7)2-1-3-18-9/h1-2,6-7H,3-5H2,(H,14,15). The number of carbonyl (C=O) groups is 1. The van der Waals surface area contributed by atoms with E-state index in [0.29, 0.717) is 0 Å². The summed E-state index contributed by atoms with van der Waals surface area (Å²) in [4.78, 5) is 10.9. The maximum absolute atomic E-state index is 12.3. The zero-order chi connectivity index (χ0) is 15.2. The minimum Gasteiger partial charge on any atom is -0.481 e. The minimum atomic E-state index is -5.80. The summed E-state index contributed by atoms with van der Waals surface area (Å²) in [5.74, 6) is -2.25. The molecule has 3 atom stereocenters. The largest absolute Gasteiger partial charge is 0.523 e. The molecule has 1 spiro atoms. The number of ether oxygens (including phenoxy) is 1. The first-order chi connectivity index (χ1) is 9.07. The molecule has 0 radical (unpaired) electrons. The van der Waals surface area contributed by atoms with Crippen molar-refractivity contribution in [2.75, 3.05) is 6.61 Å². The maximum atomic E-state index is 12.3. The Hall–Kier alpha value is -1.13. The van der Waals surface area contributed by atoms with Crippen LogP contribution in [-0.2, 0) is 23.8 Å². The Kier molecular flexibility index (Phi) is 3.59. The maximum Gasteiger partial charge on any atom is 0.523 e. The van der Waals surface area contributed by atoms with Gasteiger partial charge in [0, 0.05) is 0 Å². The van der Waals surface area contributed by atoms with Crippen LogP contribution in [0.15, 0.2) is 12.2 Å². The average molecular weight is 316 g/mol. The van der Waals surface area contributed by atoms with Gasteiger partial charge in [-0.05, 0) is 12.8 Å². The second kappa shape index (κ2) is 4.71. The summed E-state index contributed by atoms with van der Waals surface area (Å²) in [6.45, 7) is 0.0677. The monoisotopic (exact) mass is 316 g/mol. The van der Waals surface area contributed by atoms with Crippen LogP contribution in [0.1, 0.15) is 12.8 Å². The number of halogens is 3. The molecular formula is C10H11F3O6S. The molecule has 1 saturated carbocycles. The molecule has 1 N–H and O–H groups in total. The average Bonchev–Trinajstić information content (AvgIpc) is 2.87. The number of carboxylic acids is 1. The molecule has 10 heteroatoms. The third-order valence-electron chi connectivity index (χ3n) is 3.33. The van der Waals surface area contributed by atoms with Gasteiger partial charge in [-0.2, -0.15) is 21.6 Å². The lowest BCUT2D eigenvalue weighted by molar-refractivity contribution is -0.142. The number of hydrogen-bond donors (Lipinski definition) is 1. The summed E-state index contributed by atoms with van der Waals surface area (Å²) in [5, 5.41) is 8.93. The molecule has 1 aliphatic heterocycles. The topological polar surface area (TPSA) is 89.9 Å². The van der Waals surface area contributed by atoms with Gasteiger partial charge in [0.25, 0.3) is 0 Å². The van der Waals surface area contributed by atoms with Crippen molar-refractivity contribution in [3.63, 3.8) is 0 Å². The first-order valence-electron chi connectivity index (χ1n) is 5.61. The zero-order valence-corrected chi connectivity index (χ0v) is 10.8. The van der Waals surface area contributed by atoms with E-state index in [0.717, 1.165) is 0 Å². The molecule has 0 aromatic rings. The van der Waals surface area contributed by atoms with E-state index in [1.165, 1.54) is 12.2 Å². The summed E-state index contributed by atoms with van der Waals surface area (Å²) >= 11 is 0. The Morgan fingerprint density at radius 2 is 2.10 bits per heavy atom. The van der Waals surface area contributed by atoms with E-state index in [-0.39, 0.29) is 19.4 Å². The lowest BCUT2D eigenvalue weighted by Gasteiger charge is -2.28. The summed E-state index contributed by atoms with van der Waals surface area (Å²) < 4.78 is 68.5. The summed E-state index contributed by atoms with van der Waals surface area (Å²) in [6.07, 6.45) is 0.855. The number of aliphatic carboxylic acids is 1. The van der Waals surface area contributed by atoms with Gasteiger partial charge < -0.3 is 9.84 Å². The highest BCUT2D eigenvalue weighted by molar-refractivity contribution is 7.87. The predicted octanol–water partition coefficient (Wildman–Crippen LogP) is 1.04. The van der Waals surface area contributed by atoms with Gasteiger partial charge in [-0.25, -0.2) is 0 Å². The fourth-order valence-electron chi connectivity index (χ4n) is 2.40. The SMILES string of the molecule is O=C(O)C1CC(OS(=O)(=O)C(F)(F)F)C2(C=CCO2)C1. The summed E-state index contributed by atoms with van der Waals surface area (Å²) in [5.41, 5.74) is -6.99. The second-order valence-corrected chi connectivity index (χ2v) is 6.19. The van der Waals surface area contributed by atoms with Crippen molar-refractivity contribution >= 4 is 16.1 Å². The quantitative estimate of drug-likeness (QED) is 0.475. The molecule has 0 bridgehead atoms. The third kappa shape index (κ3) is 2.54. The van der Waals surface area contributed by atoms with Crippen molar-refractivity contribution in [3.05, 3.63) is 12.2 Å². The zero-order valence-electron chi connectivity index (χ0n) is 9.96. The summed E-state index contributed by atoms with van der Waals surface area (Å²) in [7, 11) is -5.80. The Balaban J connectivity index is 2.26. The van der Waals surface area contributed by atoms with Gasteiger partial charge in [-0.1, -0.05) is 12.2 Å². The van der Waals surface area contributed by atoms with E-state index in [1.807, 2.05) is 0 Å². The number of hydrogen-bond acceptors (Lipinski definition) is 5. The molecule has 3 unspecified atom stereocenters. The highest BCUT2D eigenvalue weighted by Crippen LogP contribution is 2.44. The van der Waals surface area contributed by atoms with Crippen LogP contribution < -0.4 is 0 Å². The van der Waals surface area contributed by atoms with E-state index >= 15 is 0 Å². The van der Waals surface area contributed by atoms with Crippen LogP contribution in [0.5, 0.6) is 0 Å². The van der Waals surface area contributed by atoms with Gasteiger partial charge >= 0.3 is 21.6 Å². The van der Waals surface area contributed by atoms with E-state index in [4.69, 9.17) is 9.84 Å². The molecule has 1 fully saturated rings. The van der Waals surface area contributed by atoms with Gasteiger partial charge in [0.05, 0.1) is 12.5 Å². The molecule has 2 rings (SSSR count). The number of carboxylic acid groups (broad SMARTS) is 1. The molecule has 1 heterocycles. The van der Waals surface area contributed by atoms with E-state index in [9.17, 15) is 26.4 Å². The fraction of sp³-hybridized carbons (Fsp3) is 0.700. The third-order valence-corrected chi connectivity index (χ3v) is 4.39. The first kappa shape index (κ1) is 15.3. The number of alkyl halides is 3. The highest BCUT2D eigenvalue weighted by Gasteiger charge is 2.57. The van der Waals surface area contributed by atoms with Crippen molar-refractivity contribution in [1.29, 1.82) is 0 Å². The van der Waals surface area contributed by atoms with Crippen molar-refractivity contribution in [1.82, 2.24) is 0 Å². The minimum absolute atomic E-state index is 0.0677. The lowest BCUT2D eigenvalue weighted by atomic mass is 9.99. The van der Waals surface area contributed by atoms with E-state index < -0.39 is 39.2 Å². The molecule has 0 aromatic carbocycles. The smallest absolute Gasteiger partial charge is 0.481 e. The highest BCUT2D eigenvalue weighted by atomic mass is 32.2. The molecule has 6 nitrogen and oxygen atoms in total. The normalized spacial score (nSPS) is 34.0. The van der Waals surface area contributed by atoms with Crippen molar-refractivity contribution in [3.8, 4) is 0 Å². The Morgan fingerprint density at radius 3 is 2.55 bits per heavy atom. The van der Waals surface area contributed by atoms with Crippen LogP contribution in [-0.4, -0.2) is 43.3 Å². The van der Waals surface area contributed by atoms with Crippen LogP contribution >= 0.6 is 0 Å².